The fourth-order valence-electron chi connectivity index (χ4n) is 5.49. The van der Waals surface area contributed by atoms with Crippen LogP contribution in [0.15, 0.2) is 12.1 Å². The Kier molecular flexibility index (Phi) is 7.31. The van der Waals surface area contributed by atoms with Gasteiger partial charge in [-0.2, -0.15) is 12.6 Å². The van der Waals surface area contributed by atoms with Gasteiger partial charge in [-0.15, -0.1) is 0 Å². The van der Waals surface area contributed by atoms with Crippen LogP contribution >= 0.6 is 24.2 Å². The van der Waals surface area contributed by atoms with Crippen molar-refractivity contribution in [3.05, 3.63) is 28.3 Å². The summed E-state index contributed by atoms with van der Waals surface area (Å²) >= 11 is 11.4. The molecule has 0 bridgehead atoms. The monoisotopic (exact) mass is 450 g/mol. The smallest absolute Gasteiger partial charge is 0.228 e. The highest BCUT2D eigenvalue weighted by Gasteiger charge is 2.36. The summed E-state index contributed by atoms with van der Waals surface area (Å²) in [5.41, 5.74) is 3.11. The summed E-state index contributed by atoms with van der Waals surface area (Å²) in [5, 5.41) is 4.16. The maximum absolute atomic E-state index is 11.6. The van der Waals surface area contributed by atoms with E-state index in [0.29, 0.717) is 23.8 Å². The number of piperazine rings is 1. The molecule has 30 heavy (non-hydrogen) atoms. The normalized spacial score (nSPS) is 26.6. The summed E-state index contributed by atoms with van der Waals surface area (Å²) in [6, 6.07) is 4.03. The van der Waals surface area contributed by atoms with Crippen molar-refractivity contribution in [1.82, 2.24) is 14.7 Å². The van der Waals surface area contributed by atoms with E-state index in [9.17, 15) is 4.79 Å². The Bertz CT molecular complexity index is 766. The van der Waals surface area contributed by atoms with Gasteiger partial charge in [0.1, 0.15) is 0 Å². The average molecular weight is 451 g/mol. The molecule has 3 aliphatic rings. The van der Waals surface area contributed by atoms with E-state index in [1.54, 1.807) is 0 Å². The molecular formula is C23H35ClN4OS. The highest BCUT2D eigenvalue weighted by atomic mass is 35.5. The molecule has 7 heteroatoms. The molecule has 5 nitrogen and oxygen atoms in total. The molecule has 0 aromatic heterocycles. The second-order valence-electron chi connectivity index (χ2n) is 9.35. The third-order valence-electron chi connectivity index (χ3n) is 7.07. The minimum Gasteiger partial charge on any atom is -0.325 e. The van der Waals surface area contributed by atoms with Crippen molar-refractivity contribution in [3.8, 4) is 0 Å². The number of carbonyl (C=O) groups excluding carboxylic acids is 1. The zero-order valence-corrected chi connectivity index (χ0v) is 19.9. The predicted molar refractivity (Wildman–Crippen MR) is 128 cm³/mol. The van der Waals surface area contributed by atoms with E-state index in [4.69, 9.17) is 24.2 Å². The van der Waals surface area contributed by atoms with E-state index in [1.165, 1.54) is 25.7 Å². The van der Waals surface area contributed by atoms with E-state index in [2.05, 4.69) is 40.2 Å². The van der Waals surface area contributed by atoms with Crippen LogP contribution in [-0.2, 0) is 17.6 Å². The molecule has 2 fully saturated rings. The van der Waals surface area contributed by atoms with Crippen molar-refractivity contribution in [2.45, 2.75) is 49.9 Å². The van der Waals surface area contributed by atoms with Gasteiger partial charge in [0, 0.05) is 48.7 Å². The molecule has 3 atom stereocenters. The average Bonchev–Trinajstić information content (AvgIpc) is 3.07. The van der Waals surface area contributed by atoms with E-state index in [-0.39, 0.29) is 5.91 Å². The third kappa shape index (κ3) is 4.99. The first-order valence-electron chi connectivity index (χ1n) is 11.3. The molecule has 2 unspecified atom stereocenters. The Morgan fingerprint density at radius 2 is 1.93 bits per heavy atom. The first-order chi connectivity index (χ1) is 14.4. The zero-order chi connectivity index (χ0) is 21.3. The molecule has 0 spiro atoms. The van der Waals surface area contributed by atoms with Crippen molar-refractivity contribution in [3.63, 3.8) is 0 Å². The van der Waals surface area contributed by atoms with Gasteiger partial charge in [-0.1, -0.05) is 30.5 Å². The Hall–Kier alpha value is -0.790. The van der Waals surface area contributed by atoms with E-state index in [1.807, 2.05) is 6.07 Å². The SMILES string of the molecule is CN(C)C(C1CCCC[C@@H]1S)N1CCN(CCc2cc3c(cc2Cl)NC(=O)C3)CC1. The maximum atomic E-state index is 11.6. The summed E-state index contributed by atoms with van der Waals surface area (Å²) < 4.78 is 0. The Morgan fingerprint density at radius 3 is 2.63 bits per heavy atom. The van der Waals surface area contributed by atoms with Crippen molar-refractivity contribution < 1.29 is 4.79 Å². The number of benzene rings is 1. The van der Waals surface area contributed by atoms with Crippen molar-refractivity contribution in [2.75, 3.05) is 52.1 Å². The molecule has 2 aliphatic heterocycles. The molecule has 1 aromatic rings. The Morgan fingerprint density at radius 1 is 1.20 bits per heavy atom. The molecule has 1 N–H and O–H groups in total. The van der Waals surface area contributed by atoms with Crippen LogP contribution < -0.4 is 5.32 Å². The number of hydrogen-bond donors (Lipinski definition) is 2. The van der Waals surface area contributed by atoms with Gasteiger partial charge in [-0.25, -0.2) is 0 Å². The molecular weight excluding hydrogens is 416 g/mol. The summed E-state index contributed by atoms with van der Waals surface area (Å²) in [6.07, 6.45) is 7.11. The highest BCUT2D eigenvalue weighted by Crippen LogP contribution is 2.34. The molecule has 2 heterocycles. The van der Waals surface area contributed by atoms with Gasteiger partial charge < -0.3 is 10.2 Å². The van der Waals surface area contributed by atoms with Crippen molar-refractivity contribution in [1.29, 1.82) is 0 Å². The number of anilines is 1. The summed E-state index contributed by atoms with van der Waals surface area (Å²) in [7, 11) is 4.45. The van der Waals surface area contributed by atoms with Crippen LogP contribution in [0.3, 0.4) is 0 Å². The van der Waals surface area contributed by atoms with Crippen LogP contribution in [0.4, 0.5) is 5.69 Å². The van der Waals surface area contributed by atoms with Crippen LogP contribution in [-0.4, -0.2) is 78.8 Å². The minimum absolute atomic E-state index is 0.0613. The van der Waals surface area contributed by atoms with Crippen molar-refractivity contribution >= 4 is 35.8 Å². The standard InChI is InChI=1S/C23H35ClN4OS/c1-26(2)23(18-5-3-4-6-21(18)30)28-11-9-27(10-12-28)8-7-16-13-17-14-22(29)25-20(17)15-19(16)24/h13,15,18,21,23,30H,3-12,14H2,1-2H3,(H,25,29)/t18?,21-,23?/m0/s1. The lowest BCUT2D eigenvalue weighted by Gasteiger charge is -2.47. The number of nitrogens with zero attached hydrogens (tertiary/aromatic N) is 3. The highest BCUT2D eigenvalue weighted by molar-refractivity contribution is 7.81. The molecule has 1 aromatic carbocycles. The lowest BCUT2D eigenvalue weighted by Crippen LogP contribution is -2.58. The second-order valence-corrected chi connectivity index (χ2v) is 10.4. The van der Waals surface area contributed by atoms with Gasteiger partial charge in [0.2, 0.25) is 5.91 Å². The minimum atomic E-state index is 0.0613. The molecule has 0 radical (unpaired) electrons. The zero-order valence-electron chi connectivity index (χ0n) is 18.2. The number of carbonyl (C=O) groups is 1. The first kappa shape index (κ1) is 22.4. The quantitative estimate of drug-likeness (QED) is 0.652. The number of rotatable bonds is 6. The third-order valence-corrected chi connectivity index (χ3v) is 8.06. The van der Waals surface area contributed by atoms with Gasteiger partial charge in [-0.3, -0.25) is 14.6 Å². The van der Waals surface area contributed by atoms with Crippen LogP contribution in [0.1, 0.15) is 36.8 Å². The van der Waals surface area contributed by atoms with Crippen LogP contribution in [0.5, 0.6) is 0 Å². The van der Waals surface area contributed by atoms with Gasteiger partial charge in [-0.05, 0) is 56.5 Å². The molecule has 1 aliphatic carbocycles. The lowest BCUT2D eigenvalue weighted by atomic mass is 9.85. The fraction of sp³-hybridized carbons (Fsp3) is 0.696. The molecule has 1 amide bonds. The summed E-state index contributed by atoms with van der Waals surface area (Å²) in [5.74, 6) is 0.719. The lowest BCUT2D eigenvalue weighted by molar-refractivity contribution is -0.115. The Balaban J connectivity index is 1.31. The van der Waals surface area contributed by atoms with Gasteiger partial charge in [0.05, 0.1) is 12.6 Å². The van der Waals surface area contributed by atoms with E-state index in [0.717, 1.165) is 61.0 Å². The topological polar surface area (TPSA) is 38.8 Å². The number of amides is 1. The maximum Gasteiger partial charge on any atom is 0.228 e. The van der Waals surface area contributed by atoms with Gasteiger partial charge in [0.15, 0.2) is 0 Å². The largest absolute Gasteiger partial charge is 0.325 e. The second kappa shape index (κ2) is 9.78. The van der Waals surface area contributed by atoms with Crippen LogP contribution in [0.2, 0.25) is 5.02 Å². The number of nitrogens with one attached hydrogen (secondary N) is 1. The van der Waals surface area contributed by atoms with Crippen molar-refractivity contribution in [2.24, 2.45) is 5.92 Å². The predicted octanol–water partition coefficient (Wildman–Crippen LogP) is 3.37. The van der Waals surface area contributed by atoms with Crippen LogP contribution in [0, 0.1) is 5.92 Å². The summed E-state index contributed by atoms with van der Waals surface area (Å²) in [4.78, 5) is 19.3. The molecule has 1 saturated heterocycles. The molecule has 166 valence electrons. The van der Waals surface area contributed by atoms with E-state index < -0.39 is 0 Å². The fourth-order valence-corrected chi connectivity index (χ4v) is 6.23. The van der Waals surface area contributed by atoms with E-state index >= 15 is 0 Å². The van der Waals surface area contributed by atoms with Gasteiger partial charge in [0.25, 0.3) is 0 Å². The first-order valence-corrected chi connectivity index (χ1v) is 12.2. The number of fused-ring (bicyclic) bond motifs is 1. The van der Waals surface area contributed by atoms with Gasteiger partial charge >= 0.3 is 0 Å². The number of thiol groups is 1. The number of hydrogen-bond acceptors (Lipinski definition) is 5. The molecule has 4 rings (SSSR count). The number of halogens is 1. The molecule has 1 saturated carbocycles. The van der Waals surface area contributed by atoms with Crippen LogP contribution in [0.25, 0.3) is 0 Å². The Labute approximate surface area is 191 Å². The summed E-state index contributed by atoms with van der Waals surface area (Å²) in [6.45, 7) is 5.42.